The summed E-state index contributed by atoms with van der Waals surface area (Å²) in [5.41, 5.74) is 2.34. The van der Waals surface area contributed by atoms with E-state index in [0.29, 0.717) is 28.6 Å². The number of hydrogen-bond donors (Lipinski definition) is 3. The smallest absolute Gasteiger partial charge is 0.352 e. The number of amides is 1. The Kier molecular flexibility index (Phi) is 7.18. The minimum absolute atomic E-state index is 0.0134. The highest BCUT2D eigenvalue weighted by Crippen LogP contribution is 2.26. The molecule has 28 heavy (non-hydrogen) atoms. The Bertz CT molecular complexity index is 1000. The fraction of sp³-hybridized carbons (Fsp3) is 0.238. The van der Waals surface area contributed by atoms with Crippen LogP contribution in [0, 0.1) is 6.92 Å². The maximum Gasteiger partial charge on any atom is 0.352 e. The number of carboxylic acids is 1. The van der Waals surface area contributed by atoms with Crippen molar-refractivity contribution in [3.63, 3.8) is 0 Å². The van der Waals surface area contributed by atoms with Crippen molar-refractivity contribution in [3.05, 3.63) is 69.8 Å². The Hall–Kier alpha value is -2.86. The topological polar surface area (TPSA) is 82.2 Å². The molecule has 148 valence electrons. The Labute approximate surface area is 167 Å². The molecule has 2 aromatic rings. The van der Waals surface area contributed by atoms with Gasteiger partial charge in [-0.1, -0.05) is 49.7 Å². The van der Waals surface area contributed by atoms with Crippen LogP contribution in [0.1, 0.15) is 41.9 Å². The number of para-hydroxylation sites is 1. The van der Waals surface area contributed by atoms with E-state index >= 15 is 0 Å². The van der Waals surface area contributed by atoms with Gasteiger partial charge in [-0.25, -0.2) is 9.18 Å². The number of benzene rings is 1. The fourth-order valence-corrected chi connectivity index (χ4v) is 3.09. The van der Waals surface area contributed by atoms with E-state index in [2.05, 4.69) is 10.3 Å². The van der Waals surface area contributed by atoms with Crippen LogP contribution in [0.4, 0.5) is 4.39 Å². The van der Waals surface area contributed by atoms with Crippen molar-refractivity contribution in [2.75, 3.05) is 0 Å². The van der Waals surface area contributed by atoms with Crippen molar-refractivity contribution >= 4 is 34.4 Å². The number of halogens is 2. The summed E-state index contributed by atoms with van der Waals surface area (Å²) >= 11 is 5.80. The number of nitrogens with one attached hydrogen (secondary N) is 2. The van der Waals surface area contributed by atoms with Crippen LogP contribution in [0.2, 0.25) is 0 Å². The van der Waals surface area contributed by atoms with Crippen LogP contribution in [0.25, 0.3) is 10.9 Å². The predicted octanol–water partition coefficient (Wildman–Crippen LogP) is 5.12. The fourth-order valence-electron chi connectivity index (χ4n) is 2.89. The molecule has 1 aromatic carbocycles. The molecule has 1 aliphatic rings. The van der Waals surface area contributed by atoms with Crippen molar-refractivity contribution < 1.29 is 19.1 Å². The Morgan fingerprint density at radius 3 is 2.68 bits per heavy atom. The number of rotatable bonds is 4. The van der Waals surface area contributed by atoms with Gasteiger partial charge in [0.2, 0.25) is 5.91 Å². The molecule has 7 heteroatoms. The molecule has 1 heterocycles. The Morgan fingerprint density at radius 1 is 1.29 bits per heavy atom. The van der Waals surface area contributed by atoms with E-state index in [0.717, 1.165) is 5.56 Å². The number of allylic oxidation sites excluding steroid dienone is 5. The van der Waals surface area contributed by atoms with Crippen molar-refractivity contribution in [2.45, 2.75) is 33.6 Å². The number of hydrogen-bond acceptors (Lipinski definition) is 2. The van der Waals surface area contributed by atoms with E-state index in [1.54, 1.807) is 12.1 Å². The first-order valence-corrected chi connectivity index (χ1v) is 9.31. The van der Waals surface area contributed by atoms with Gasteiger partial charge < -0.3 is 15.4 Å². The lowest BCUT2D eigenvalue weighted by Gasteiger charge is -2.07. The molecule has 0 saturated carbocycles. The average Bonchev–Trinajstić information content (AvgIpc) is 2.95. The number of fused-ring (bicyclic) bond motifs is 1. The summed E-state index contributed by atoms with van der Waals surface area (Å²) in [5.74, 6) is -2.09. The summed E-state index contributed by atoms with van der Waals surface area (Å²) in [6.45, 7) is 5.86. The summed E-state index contributed by atoms with van der Waals surface area (Å²) < 4.78 is 13.5. The number of aromatic amines is 1. The second kappa shape index (κ2) is 9.37. The quantitative estimate of drug-likeness (QED) is 0.661. The number of carbonyl (C=O) groups excluding carboxylic acids is 1. The van der Waals surface area contributed by atoms with Gasteiger partial charge in [0.05, 0.1) is 11.5 Å². The molecule has 5 nitrogen and oxygen atoms in total. The van der Waals surface area contributed by atoms with E-state index in [1.165, 1.54) is 12.2 Å². The van der Waals surface area contributed by atoms with Gasteiger partial charge in [-0.05, 0) is 31.1 Å². The third-order valence-corrected chi connectivity index (χ3v) is 4.42. The molecule has 0 fully saturated rings. The third-order valence-electron chi connectivity index (χ3n) is 4.13. The second-order valence-corrected chi connectivity index (χ2v) is 6.35. The first kappa shape index (κ1) is 21.4. The molecule has 1 aliphatic carbocycles. The lowest BCUT2D eigenvalue weighted by atomic mass is 10.0. The van der Waals surface area contributed by atoms with Crippen molar-refractivity contribution in [3.8, 4) is 0 Å². The third kappa shape index (κ3) is 4.70. The standard InChI is InChI=1S/C19H16ClFN2O3.C2H6/c1-10-4-2-6-12-13(18(19(25)26)23-17(10)12)9-16(24)22-11-5-3-7-15(21)14(20)8-11;1-2/h2,4-8,23H,3,9H2,1H3,(H,22,24)(H,25,26);1-2H3. The zero-order chi connectivity index (χ0) is 20.8. The van der Waals surface area contributed by atoms with Gasteiger partial charge in [-0.3, -0.25) is 4.79 Å². The van der Waals surface area contributed by atoms with Crippen LogP contribution in [0.15, 0.2) is 53.0 Å². The maximum atomic E-state index is 13.5. The largest absolute Gasteiger partial charge is 0.477 e. The lowest BCUT2D eigenvalue weighted by molar-refractivity contribution is -0.119. The molecule has 0 radical (unpaired) electrons. The predicted molar refractivity (Wildman–Crippen MR) is 109 cm³/mol. The van der Waals surface area contributed by atoms with Crippen LogP contribution in [-0.4, -0.2) is 22.0 Å². The number of H-pyrrole nitrogens is 1. The molecule has 0 atom stereocenters. The van der Waals surface area contributed by atoms with E-state index in [4.69, 9.17) is 11.6 Å². The van der Waals surface area contributed by atoms with Crippen molar-refractivity contribution in [1.82, 2.24) is 10.3 Å². The maximum absolute atomic E-state index is 13.5. The first-order valence-electron chi connectivity index (χ1n) is 8.93. The van der Waals surface area contributed by atoms with E-state index < -0.39 is 17.7 Å². The monoisotopic (exact) mass is 404 g/mol. The van der Waals surface area contributed by atoms with Crippen LogP contribution in [-0.2, 0) is 11.2 Å². The molecule has 0 saturated heterocycles. The number of aromatic carboxylic acids is 1. The minimum Gasteiger partial charge on any atom is -0.477 e. The van der Waals surface area contributed by atoms with Crippen LogP contribution in [0.5, 0.6) is 0 Å². The number of aryl methyl sites for hydroxylation is 1. The summed E-state index contributed by atoms with van der Waals surface area (Å²) in [6.07, 6.45) is 4.42. The Balaban J connectivity index is 0.00000136. The zero-order valence-corrected chi connectivity index (χ0v) is 16.7. The molecule has 3 N–H and O–H groups in total. The van der Waals surface area contributed by atoms with Gasteiger partial charge in [0.15, 0.2) is 0 Å². The van der Waals surface area contributed by atoms with Crippen molar-refractivity contribution in [1.29, 1.82) is 0 Å². The van der Waals surface area contributed by atoms with Crippen LogP contribution < -0.4 is 5.32 Å². The second-order valence-electron chi connectivity index (χ2n) is 5.95. The molecular formula is C21H22ClFN2O3. The molecule has 1 aromatic heterocycles. The molecule has 1 amide bonds. The normalized spacial score (nSPS) is 13.5. The average molecular weight is 405 g/mol. The van der Waals surface area contributed by atoms with Gasteiger partial charge in [-0.15, -0.1) is 0 Å². The molecule has 0 aliphatic heterocycles. The highest BCUT2D eigenvalue weighted by atomic mass is 35.5. The van der Waals surface area contributed by atoms with Crippen LogP contribution in [0.3, 0.4) is 0 Å². The van der Waals surface area contributed by atoms with Crippen LogP contribution >= 0.6 is 11.6 Å². The van der Waals surface area contributed by atoms with E-state index in [1.807, 2.05) is 32.9 Å². The number of carboxylic acid groups (broad SMARTS) is 1. The van der Waals surface area contributed by atoms with Gasteiger partial charge in [0.25, 0.3) is 0 Å². The SMILES string of the molecule is CC.Cc1cccc2c(CC(=O)NC3=CCC=C(F)C(Cl)=C3)c(C(=O)O)[nH]c12. The molecule has 0 bridgehead atoms. The lowest BCUT2D eigenvalue weighted by Crippen LogP contribution is -2.24. The van der Waals surface area contributed by atoms with Gasteiger partial charge in [0.1, 0.15) is 11.5 Å². The zero-order valence-electron chi connectivity index (χ0n) is 15.9. The summed E-state index contributed by atoms with van der Waals surface area (Å²) in [5, 5.41) is 12.7. The first-order chi connectivity index (χ1) is 13.4. The molecular weight excluding hydrogens is 383 g/mol. The minimum atomic E-state index is -1.13. The van der Waals surface area contributed by atoms with E-state index in [9.17, 15) is 19.1 Å². The number of carbonyl (C=O) groups is 2. The number of aromatic nitrogens is 1. The molecule has 3 rings (SSSR count). The highest BCUT2D eigenvalue weighted by Gasteiger charge is 2.20. The molecule has 0 spiro atoms. The summed E-state index contributed by atoms with van der Waals surface area (Å²) in [7, 11) is 0. The Morgan fingerprint density at radius 2 is 2.00 bits per heavy atom. The summed E-state index contributed by atoms with van der Waals surface area (Å²) in [4.78, 5) is 26.9. The van der Waals surface area contributed by atoms with Gasteiger partial charge in [0, 0.05) is 22.2 Å². The highest BCUT2D eigenvalue weighted by molar-refractivity contribution is 6.31. The molecule has 0 unspecified atom stereocenters. The van der Waals surface area contributed by atoms with Gasteiger partial charge in [-0.2, -0.15) is 0 Å². The van der Waals surface area contributed by atoms with Crippen molar-refractivity contribution in [2.24, 2.45) is 0 Å². The van der Waals surface area contributed by atoms with Gasteiger partial charge >= 0.3 is 5.97 Å². The van der Waals surface area contributed by atoms with E-state index in [-0.39, 0.29) is 17.1 Å². The summed E-state index contributed by atoms with van der Waals surface area (Å²) in [6, 6.07) is 5.44.